The molecule has 1 heterocycles. The average molecular weight is 330 g/mol. The summed E-state index contributed by atoms with van der Waals surface area (Å²) in [6, 6.07) is 4.33. The average Bonchev–Trinajstić information content (AvgIpc) is 3.23. The summed E-state index contributed by atoms with van der Waals surface area (Å²) in [5.74, 6) is -0.330. The Hall–Kier alpha value is -2.74. The van der Waals surface area contributed by atoms with Gasteiger partial charge < -0.3 is 15.0 Å². The second kappa shape index (κ2) is 6.79. The lowest BCUT2D eigenvalue weighted by Gasteiger charge is -2.15. The van der Waals surface area contributed by atoms with E-state index in [0.29, 0.717) is 12.2 Å². The van der Waals surface area contributed by atoms with Gasteiger partial charge in [-0.2, -0.15) is 0 Å². The number of carbonyl (C=O) groups is 1. The van der Waals surface area contributed by atoms with Gasteiger partial charge in [0.15, 0.2) is 0 Å². The SMILES string of the molecule is O=C(NCC1CCCC1O)c1ccc(-n2ccnc2)c([N+](=O)[O-])c1. The molecule has 0 spiro atoms. The van der Waals surface area contributed by atoms with Crippen molar-refractivity contribution in [3.05, 3.63) is 52.6 Å². The lowest BCUT2D eigenvalue weighted by Crippen LogP contribution is -2.32. The third-order valence-corrected chi connectivity index (χ3v) is 4.36. The predicted octanol–water partition coefficient (Wildman–Crippen LogP) is 1.67. The van der Waals surface area contributed by atoms with E-state index in [2.05, 4.69) is 10.3 Å². The number of nitrogens with zero attached hydrogens (tertiary/aromatic N) is 3. The number of nitro groups is 1. The molecule has 1 aromatic carbocycles. The van der Waals surface area contributed by atoms with E-state index in [4.69, 9.17) is 0 Å². The second-order valence-corrected chi connectivity index (χ2v) is 5.90. The van der Waals surface area contributed by atoms with Crippen molar-refractivity contribution in [3.8, 4) is 5.69 Å². The van der Waals surface area contributed by atoms with Gasteiger partial charge in [-0.1, -0.05) is 6.42 Å². The molecule has 1 amide bonds. The van der Waals surface area contributed by atoms with E-state index in [0.717, 1.165) is 19.3 Å². The summed E-state index contributed by atoms with van der Waals surface area (Å²) in [4.78, 5) is 26.9. The monoisotopic (exact) mass is 330 g/mol. The van der Waals surface area contributed by atoms with Crippen molar-refractivity contribution in [1.82, 2.24) is 14.9 Å². The number of aliphatic hydroxyl groups excluding tert-OH is 1. The van der Waals surface area contributed by atoms with Gasteiger partial charge in [0.1, 0.15) is 5.69 Å². The number of nitrogens with one attached hydrogen (secondary N) is 1. The van der Waals surface area contributed by atoms with Gasteiger partial charge in [-0.05, 0) is 25.0 Å². The van der Waals surface area contributed by atoms with Gasteiger partial charge in [0.05, 0.1) is 17.4 Å². The van der Waals surface area contributed by atoms with E-state index in [-0.39, 0.29) is 29.2 Å². The number of aliphatic hydroxyl groups is 1. The zero-order chi connectivity index (χ0) is 17.1. The highest BCUT2D eigenvalue weighted by molar-refractivity contribution is 5.95. The highest BCUT2D eigenvalue weighted by Crippen LogP contribution is 2.26. The Balaban J connectivity index is 1.77. The zero-order valence-electron chi connectivity index (χ0n) is 13.0. The van der Waals surface area contributed by atoms with Gasteiger partial charge in [-0.3, -0.25) is 14.9 Å². The number of imidazole rings is 1. The molecule has 126 valence electrons. The Kier molecular flexibility index (Phi) is 4.57. The van der Waals surface area contributed by atoms with Crippen LogP contribution in [0.25, 0.3) is 5.69 Å². The van der Waals surface area contributed by atoms with Crippen molar-refractivity contribution < 1.29 is 14.8 Å². The number of amides is 1. The maximum absolute atomic E-state index is 12.2. The minimum absolute atomic E-state index is 0.0501. The van der Waals surface area contributed by atoms with Gasteiger partial charge in [0.2, 0.25) is 0 Å². The van der Waals surface area contributed by atoms with E-state index < -0.39 is 4.92 Å². The molecule has 2 N–H and O–H groups in total. The topological polar surface area (TPSA) is 110 Å². The van der Waals surface area contributed by atoms with Gasteiger partial charge in [0, 0.05) is 36.5 Å². The van der Waals surface area contributed by atoms with E-state index >= 15 is 0 Å². The van der Waals surface area contributed by atoms with Crippen LogP contribution in [0.15, 0.2) is 36.9 Å². The summed E-state index contributed by atoms with van der Waals surface area (Å²) in [5, 5.41) is 23.8. The van der Waals surface area contributed by atoms with Gasteiger partial charge >= 0.3 is 0 Å². The van der Waals surface area contributed by atoms with Crippen LogP contribution in [0.2, 0.25) is 0 Å². The van der Waals surface area contributed by atoms with Crippen molar-refractivity contribution >= 4 is 11.6 Å². The molecular weight excluding hydrogens is 312 g/mol. The number of hydrogen-bond donors (Lipinski definition) is 2. The number of nitro benzene ring substituents is 1. The molecule has 3 rings (SSSR count). The lowest BCUT2D eigenvalue weighted by atomic mass is 10.1. The van der Waals surface area contributed by atoms with Crippen LogP contribution in [-0.2, 0) is 0 Å². The fourth-order valence-corrected chi connectivity index (χ4v) is 3.01. The first-order valence-corrected chi connectivity index (χ1v) is 7.79. The van der Waals surface area contributed by atoms with Gasteiger partial charge in [0.25, 0.3) is 11.6 Å². The van der Waals surface area contributed by atoms with Crippen LogP contribution in [0, 0.1) is 16.0 Å². The molecule has 8 heteroatoms. The number of benzene rings is 1. The molecule has 2 aromatic rings. The molecule has 2 unspecified atom stereocenters. The first-order valence-electron chi connectivity index (χ1n) is 7.79. The number of rotatable bonds is 5. The van der Waals surface area contributed by atoms with Gasteiger partial charge in [-0.25, -0.2) is 4.98 Å². The molecule has 1 fully saturated rings. The Morgan fingerprint density at radius 2 is 2.29 bits per heavy atom. The number of aromatic nitrogens is 2. The summed E-state index contributed by atoms with van der Waals surface area (Å²) in [6.45, 7) is 0.372. The summed E-state index contributed by atoms with van der Waals surface area (Å²) < 4.78 is 1.52. The summed E-state index contributed by atoms with van der Waals surface area (Å²) in [6.07, 6.45) is 6.78. The molecular formula is C16H18N4O4. The molecule has 1 saturated carbocycles. The first-order chi connectivity index (χ1) is 11.6. The highest BCUT2D eigenvalue weighted by Gasteiger charge is 2.26. The molecule has 1 aromatic heterocycles. The normalized spacial score (nSPS) is 20.0. The number of hydrogen-bond acceptors (Lipinski definition) is 5. The third-order valence-electron chi connectivity index (χ3n) is 4.36. The second-order valence-electron chi connectivity index (χ2n) is 5.90. The molecule has 1 aliphatic carbocycles. The Labute approximate surface area is 138 Å². The quantitative estimate of drug-likeness (QED) is 0.640. The Morgan fingerprint density at radius 3 is 2.92 bits per heavy atom. The van der Waals surface area contributed by atoms with Crippen molar-refractivity contribution in [3.63, 3.8) is 0 Å². The maximum Gasteiger partial charge on any atom is 0.294 e. The molecule has 0 aliphatic heterocycles. The first kappa shape index (κ1) is 16.1. The maximum atomic E-state index is 12.2. The van der Waals surface area contributed by atoms with Crippen LogP contribution in [0.3, 0.4) is 0 Å². The molecule has 0 bridgehead atoms. The fourth-order valence-electron chi connectivity index (χ4n) is 3.01. The zero-order valence-corrected chi connectivity index (χ0v) is 13.0. The van der Waals surface area contributed by atoms with Crippen molar-refractivity contribution in [1.29, 1.82) is 0 Å². The third kappa shape index (κ3) is 3.28. The highest BCUT2D eigenvalue weighted by atomic mass is 16.6. The Bertz CT molecular complexity index is 745. The summed E-state index contributed by atoms with van der Waals surface area (Å²) >= 11 is 0. The number of carbonyl (C=O) groups excluding carboxylic acids is 1. The van der Waals surface area contributed by atoms with E-state index in [9.17, 15) is 20.0 Å². The standard InChI is InChI=1S/C16H18N4O4/c21-15-3-1-2-12(15)9-18-16(22)11-4-5-13(14(8-11)20(23)24)19-7-6-17-10-19/h4-8,10,12,15,21H,1-3,9H2,(H,18,22). The van der Waals surface area contributed by atoms with E-state index in [1.54, 1.807) is 12.3 Å². The molecule has 0 radical (unpaired) electrons. The van der Waals surface area contributed by atoms with Crippen molar-refractivity contribution in [2.45, 2.75) is 25.4 Å². The summed E-state index contributed by atoms with van der Waals surface area (Å²) in [5.41, 5.74) is 0.403. The van der Waals surface area contributed by atoms with Crippen LogP contribution in [0.1, 0.15) is 29.6 Å². The molecule has 24 heavy (non-hydrogen) atoms. The lowest BCUT2D eigenvalue weighted by molar-refractivity contribution is -0.384. The molecule has 8 nitrogen and oxygen atoms in total. The predicted molar refractivity (Wildman–Crippen MR) is 85.9 cm³/mol. The van der Waals surface area contributed by atoms with Crippen LogP contribution in [0.5, 0.6) is 0 Å². The molecule has 1 aliphatic rings. The van der Waals surface area contributed by atoms with Gasteiger partial charge in [-0.15, -0.1) is 0 Å². The summed E-state index contributed by atoms with van der Waals surface area (Å²) in [7, 11) is 0. The largest absolute Gasteiger partial charge is 0.393 e. The fraction of sp³-hybridized carbons (Fsp3) is 0.375. The smallest absolute Gasteiger partial charge is 0.294 e. The van der Waals surface area contributed by atoms with Crippen LogP contribution in [0.4, 0.5) is 5.69 Å². The minimum Gasteiger partial charge on any atom is -0.393 e. The van der Waals surface area contributed by atoms with E-state index in [1.807, 2.05) is 0 Å². The van der Waals surface area contributed by atoms with E-state index in [1.165, 1.54) is 29.2 Å². The molecule has 0 saturated heterocycles. The minimum atomic E-state index is -0.521. The van der Waals surface area contributed by atoms with Crippen molar-refractivity contribution in [2.75, 3.05) is 6.54 Å². The van der Waals surface area contributed by atoms with Crippen molar-refractivity contribution in [2.24, 2.45) is 5.92 Å². The van der Waals surface area contributed by atoms with Crippen LogP contribution < -0.4 is 5.32 Å². The Morgan fingerprint density at radius 1 is 1.46 bits per heavy atom. The van der Waals surface area contributed by atoms with Crippen LogP contribution in [-0.4, -0.2) is 38.1 Å². The van der Waals surface area contributed by atoms with Crippen LogP contribution >= 0.6 is 0 Å². The molecule has 2 atom stereocenters.